The molecule has 0 heterocycles. The third-order valence-corrected chi connectivity index (χ3v) is 8.62. The Morgan fingerprint density at radius 1 is 0.765 bits per heavy atom. The molecular weight excluding hydrogens is 412 g/mol. The summed E-state index contributed by atoms with van der Waals surface area (Å²) in [5.41, 5.74) is 6.13. The number of Topliss-reactive ketones (excluding diaryl/α,β-unsaturated/α-hetero) is 1. The lowest BCUT2D eigenvalue weighted by atomic mass is 9.70. The third-order valence-electron chi connectivity index (χ3n) is 8.62. The summed E-state index contributed by atoms with van der Waals surface area (Å²) >= 11 is 0. The van der Waals surface area contributed by atoms with Crippen LogP contribution in [0.2, 0.25) is 0 Å². The van der Waals surface area contributed by atoms with Crippen molar-refractivity contribution >= 4 is 5.78 Å². The van der Waals surface area contributed by atoms with Gasteiger partial charge in [0.05, 0.1) is 0 Å². The first-order valence-corrected chi connectivity index (χ1v) is 14.1. The molecular formula is C33H44O. The number of carbonyl (C=O) groups excluding carboxylic acids is 1. The molecule has 0 aromatic heterocycles. The van der Waals surface area contributed by atoms with Gasteiger partial charge in [-0.2, -0.15) is 0 Å². The van der Waals surface area contributed by atoms with Crippen molar-refractivity contribution in [2.45, 2.75) is 97.3 Å². The van der Waals surface area contributed by atoms with Crippen molar-refractivity contribution in [1.29, 1.82) is 0 Å². The van der Waals surface area contributed by atoms with E-state index in [1.807, 2.05) is 0 Å². The van der Waals surface area contributed by atoms with E-state index in [-0.39, 0.29) is 0 Å². The van der Waals surface area contributed by atoms with E-state index in [1.54, 1.807) is 0 Å². The summed E-state index contributed by atoms with van der Waals surface area (Å²) < 4.78 is 0. The molecule has 2 aromatic carbocycles. The van der Waals surface area contributed by atoms with Crippen molar-refractivity contribution in [3.05, 3.63) is 71.3 Å². The molecule has 182 valence electrons. The Balaban J connectivity index is 1.27. The number of hydrogen-bond donors (Lipinski definition) is 0. The van der Waals surface area contributed by atoms with E-state index in [9.17, 15) is 4.79 Å². The molecule has 0 amide bonds. The van der Waals surface area contributed by atoms with Crippen molar-refractivity contribution in [3.63, 3.8) is 0 Å². The number of ketones is 1. The maximum atomic E-state index is 13.0. The van der Waals surface area contributed by atoms with Gasteiger partial charge in [0.15, 0.2) is 5.78 Å². The molecule has 2 aromatic rings. The second-order valence-corrected chi connectivity index (χ2v) is 10.9. The number of rotatable bonds is 10. The Morgan fingerprint density at radius 3 is 1.97 bits per heavy atom. The molecule has 1 atom stereocenters. The summed E-state index contributed by atoms with van der Waals surface area (Å²) in [5, 5.41) is 0. The Morgan fingerprint density at radius 2 is 1.41 bits per heavy atom. The predicted molar refractivity (Wildman–Crippen MR) is 145 cm³/mol. The summed E-state index contributed by atoms with van der Waals surface area (Å²) in [6.45, 7) is 4.59. The van der Waals surface area contributed by atoms with Crippen molar-refractivity contribution in [2.24, 2.45) is 17.8 Å². The maximum absolute atomic E-state index is 13.0. The van der Waals surface area contributed by atoms with Crippen molar-refractivity contribution in [2.75, 3.05) is 0 Å². The summed E-state index contributed by atoms with van der Waals surface area (Å²) in [5.74, 6) is 3.01. The molecule has 0 spiro atoms. The van der Waals surface area contributed by atoms with Gasteiger partial charge in [0.2, 0.25) is 0 Å². The highest BCUT2D eigenvalue weighted by atomic mass is 16.1. The first-order valence-electron chi connectivity index (χ1n) is 14.1. The first-order chi connectivity index (χ1) is 16.7. The molecule has 2 aliphatic rings. The van der Waals surface area contributed by atoms with Crippen LogP contribution in [0, 0.1) is 17.8 Å². The largest absolute Gasteiger partial charge is 0.294 e. The highest BCUT2D eigenvalue weighted by Crippen LogP contribution is 2.40. The molecule has 1 heteroatoms. The predicted octanol–water partition coefficient (Wildman–Crippen LogP) is 9.14. The van der Waals surface area contributed by atoms with Crippen LogP contribution < -0.4 is 0 Å². The highest BCUT2D eigenvalue weighted by molar-refractivity contribution is 5.97. The number of allylic oxidation sites excluding steroid dienone is 2. The second kappa shape index (κ2) is 12.5. The van der Waals surface area contributed by atoms with Crippen molar-refractivity contribution < 1.29 is 4.79 Å². The van der Waals surface area contributed by atoms with Crippen LogP contribution in [-0.2, 0) is 17.6 Å². The standard InChI is InChI=1S/C33H44O/c1-3-5-6-7-26-10-16-29(17-11-26)30-18-12-27(13-19-30)24-33(34)32-22-20-31(21-23-32)28-14-8-25(4-2)9-15-28/h10-13,16-19,22,25,28,31H,3-9,14-15,20-21,23-24H2,1-2H3. The molecule has 0 bridgehead atoms. The van der Waals surface area contributed by atoms with E-state index in [1.165, 1.54) is 80.9 Å². The van der Waals surface area contributed by atoms with Crippen LogP contribution >= 0.6 is 0 Å². The number of benzene rings is 2. The van der Waals surface area contributed by atoms with E-state index < -0.39 is 0 Å². The normalized spacial score (nSPS) is 22.9. The first kappa shape index (κ1) is 25.0. The molecule has 34 heavy (non-hydrogen) atoms. The summed E-state index contributed by atoms with van der Waals surface area (Å²) in [7, 11) is 0. The fourth-order valence-electron chi connectivity index (χ4n) is 6.16. The van der Waals surface area contributed by atoms with E-state index in [0.29, 0.717) is 12.2 Å². The zero-order valence-corrected chi connectivity index (χ0v) is 21.5. The lowest BCUT2D eigenvalue weighted by molar-refractivity contribution is -0.115. The third kappa shape index (κ3) is 6.71. The number of unbranched alkanes of at least 4 members (excludes halogenated alkanes) is 2. The van der Waals surface area contributed by atoms with E-state index in [0.717, 1.165) is 41.7 Å². The summed E-state index contributed by atoms with van der Waals surface area (Å²) in [6, 6.07) is 17.6. The van der Waals surface area contributed by atoms with Crippen molar-refractivity contribution in [3.8, 4) is 11.1 Å². The molecule has 1 nitrogen and oxygen atoms in total. The molecule has 0 saturated heterocycles. The fraction of sp³-hybridized carbons (Fsp3) is 0.545. The van der Waals surface area contributed by atoms with Crippen LogP contribution in [-0.4, -0.2) is 5.78 Å². The van der Waals surface area contributed by atoms with Gasteiger partial charge in [-0.25, -0.2) is 0 Å². The maximum Gasteiger partial charge on any atom is 0.162 e. The molecule has 1 saturated carbocycles. The number of aryl methyl sites for hydroxylation is 1. The van der Waals surface area contributed by atoms with E-state index in [2.05, 4.69) is 68.5 Å². The molecule has 0 radical (unpaired) electrons. The molecule has 0 aliphatic heterocycles. The van der Waals surface area contributed by atoms with Crippen LogP contribution in [0.5, 0.6) is 0 Å². The van der Waals surface area contributed by atoms with E-state index in [4.69, 9.17) is 0 Å². The van der Waals surface area contributed by atoms with Crippen LogP contribution in [0.15, 0.2) is 60.2 Å². The minimum atomic E-state index is 0.331. The lowest BCUT2D eigenvalue weighted by Gasteiger charge is -2.35. The van der Waals surface area contributed by atoms with Gasteiger partial charge < -0.3 is 0 Å². The number of carbonyl (C=O) groups is 1. The lowest BCUT2D eigenvalue weighted by Crippen LogP contribution is -2.24. The van der Waals surface area contributed by atoms with Gasteiger partial charge in [-0.1, -0.05) is 101 Å². The molecule has 2 aliphatic carbocycles. The Bertz CT molecular complexity index is 926. The summed E-state index contributed by atoms with van der Waals surface area (Å²) in [6.07, 6.45) is 18.2. The Kier molecular flexibility index (Phi) is 9.19. The van der Waals surface area contributed by atoms with Gasteiger partial charge in [0, 0.05) is 6.42 Å². The van der Waals surface area contributed by atoms with Crippen LogP contribution in [0.4, 0.5) is 0 Å². The van der Waals surface area contributed by atoms with Crippen LogP contribution in [0.25, 0.3) is 11.1 Å². The molecule has 1 fully saturated rings. The average molecular weight is 457 g/mol. The minimum Gasteiger partial charge on any atom is -0.294 e. The Labute approximate surface area is 208 Å². The zero-order chi connectivity index (χ0) is 23.8. The zero-order valence-electron chi connectivity index (χ0n) is 21.5. The highest BCUT2D eigenvalue weighted by Gasteiger charge is 2.29. The molecule has 1 unspecified atom stereocenters. The van der Waals surface area contributed by atoms with Gasteiger partial charge in [0.25, 0.3) is 0 Å². The van der Waals surface area contributed by atoms with Gasteiger partial charge in [-0.05, 0) is 90.5 Å². The summed E-state index contributed by atoms with van der Waals surface area (Å²) in [4.78, 5) is 13.0. The van der Waals surface area contributed by atoms with Gasteiger partial charge in [-0.15, -0.1) is 0 Å². The SMILES string of the molecule is CCCCCc1ccc(-c2ccc(CC(=O)C3=CCC(C4CCC(CC)CC4)CC3)cc2)cc1. The fourth-order valence-corrected chi connectivity index (χ4v) is 6.16. The number of hydrogen-bond acceptors (Lipinski definition) is 1. The monoisotopic (exact) mass is 456 g/mol. The molecule has 4 rings (SSSR count). The topological polar surface area (TPSA) is 17.1 Å². The second-order valence-electron chi connectivity index (χ2n) is 10.9. The van der Waals surface area contributed by atoms with Gasteiger partial charge >= 0.3 is 0 Å². The van der Waals surface area contributed by atoms with Crippen LogP contribution in [0.1, 0.15) is 95.6 Å². The Hall–Kier alpha value is -2.15. The van der Waals surface area contributed by atoms with Gasteiger partial charge in [0.1, 0.15) is 0 Å². The average Bonchev–Trinajstić information content (AvgIpc) is 2.90. The quantitative estimate of drug-likeness (QED) is 0.326. The van der Waals surface area contributed by atoms with Gasteiger partial charge in [-0.3, -0.25) is 4.79 Å². The minimum absolute atomic E-state index is 0.331. The smallest absolute Gasteiger partial charge is 0.162 e. The van der Waals surface area contributed by atoms with E-state index >= 15 is 0 Å². The van der Waals surface area contributed by atoms with Crippen LogP contribution in [0.3, 0.4) is 0 Å². The van der Waals surface area contributed by atoms with Crippen molar-refractivity contribution in [1.82, 2.24) is 0 Å². The molecule has 0 N–H and O–H groups in total.